The zero-order valence-corrected chi connectivity index (χ0v) is 21.1. The van der Waals surface area contributed by atoms with Crippen LogP contribution in [0.4, 0.5) is 0 Å². The van der Waals surface area contributed by atoms with Gasteiger partial charge in [0, 0.05) is 24.7 Å². The van der Waals surface area contributed by atoms with Gasteiger partial charge in [0.15, 0.2) is 0 Å². The van der Waals surface area contributed by atoms with E-state index in [4.69, 9.17) is 14.2 Å². The number of hydrogen-bond acceptors (Lipinski definition) is 8. The molecule has 4 aromatic rings. The normalized spacial score (nSPS) is 11.4. The van der Waals surface area contributed by atoms with Crippen molar-refractivity contribution in [3.05, 3.63) is 84.2 Å². The predicted molar refractivity (Wildman–Crippen MR) is 133 cm³/mol. The second-order valence-electron chi connectivity index (χ2n) is 7.75. The Hall–Kier alpha value is -3.96. The minimum absolute atomic E-state index is 0.0820. The highest BCUT2D eigenvalue weighted by Crippen LogP contribution is 2.30. The molecule has 4 rings (SSSR count). The molecule has 1 heterocycles. The predicted octanol–water partition coefficient (Wildman–Crippen LogP) is 3.47. The molecule has 36 heavy (non-hydrogen) atoms. The SMILES string of the molecule is CCOc1ccccc1CN(Cc1ccc(OC)cc1)S(=O)(=O)c1ccc(-n2cnnn2)c(OC)c1. The molecular weight excluding hydrogens is 482 g/mol. The summed E-state index contributed by atoms with van der Waals surface area (Å²) in [6, 6.07) is 19.3. The van der Waals surface area contributed by atoms with Gasteiger partial charge >= 0.3 is 0 Å². The molecule has 0 saturated carbocycles. The minimum Gasteiger partial charge on any atom is -0.497 e. The van der Waals surface area contributed by atoms with Gasteiger partial charge in [-0.3, -0.25) is 0 Å². The molecule has 0 fully saturated rings. The van der Waals surface area contributed by atoms with Crippen molar-refractivity contribution in [1.82, 2.24) is 24.5 Å². The molecule has 0 saturated heterocycles. The quantitative estimate of drug-likeness (QED) is 0.302. The molecule has 0 radical (unpaired) electrons. The number of para-hydroxylation sites is 1. The van der Waals surface area contributed by atoms with Crippen LogP contribution in [0.25, 0.3) is 5.69 Å². The van der Waals surface area contributed by atoms with E-state index in [0.717, 1.165) is 11.1 Å². The number of aromatic nitrogens is 4. The summed E-state index contributed by atoms with van der Waals surface area (Å²) in [5.74, 6) is 1.65. The van der Waals surface area contributed by atoms with Crippen LogP contribution in [0.5, 0.6) is 17.2 Å². The first-order chi connectivity index (χ1) is 17.5. The third-order valence-corrected chi connectivity index (χ3v) is 7.31. The maximum atomic E-state index is 14.0. The Balaban J connectivity index is 1.74. The molecule has 0 N–H and O–H groups in total. The lowest BCUT2D eigenvalue weighted by Gasteiger charge is -2.24. The van der Waals surface area contributed by atoms with Crippen LogP contribution in [0, 0.1) is 0 Å². The zero-order chi connectivity index (χ0) is 25.5. The first kappa shape index (κ1) is 25.1. The molecule has 0 amide bonds. The molecule has 0 unspecified atom stereocenters. The zero-order valence-electron chi connectivity index (χ0n) is 20.2. The van der Waals surface area contributed by atoms with E-state index in [2.05, 4.69) is 15.5 Å². The molecule has 0 aliphatic carbocycles. The van der Waals surface area contributed by atoms with Crippen molar-refractivity contribution >= 4 is 10.0 Å². The standard InChI is InChI=1S/C25H27N5O5S/c1-4-35-24-8-6-5-7-20(24)17-29(16-19-9-11-21(33-2)12-10-19)36(31,32)22-13-14-23(25(15-22)34-3)30-18-26-27-28-30/h5-15,18H,4,16-17H2,1-3H3. The Morgan fingerprint density at radius 1 is 0.917 bits per heavy atom. The third kappa shape index (κ3) is 5.47. The molecular formula is C25H27N5O5S. The Kier molecular flexibility index (Phi) is 7.81. The van der Waals surface area contributed by atoms with Gasteiger partial charge < -0.3 is 14.2 Å². The minimum atomic E-state index is -3.96. The molecule has 0 bridgehead atoms. The number of tetrazole rings is 1. The second kappa shape index (κ2) is 11.2. The molecule has 0 aliphatic rings. The van der Waals surface area contributed by atoms with Crippen LogP contribution >= 0.6 is 0 Å². The van der Waals surface area contributed by atoms with Gasteiger partial charge in [-0.15, -0.1) is 5.10 Å². The molecule has 3 aromatic carbocycles. The first-order valence-electron chi connectivity index (χ1n) is 11.2. The summed E-state index contributed by atoms with van der Waals surface area (Å²) in [6.45, 7) is 2.62. The molecule has 0 spiro atoms. The molecule has 11 heteroatoms. The highest BCUT2D eigenvalue weighted by atomic mass is 32.2. The summed E-state index contributed by atoms with van der Waals surface area (Å²) in [7, 11) is -0.906. The summed E-state index contributed by atoms with van der Waals surface area (Å²) < 4.78 is 47.2. The summed E-state index contributed by atoms with van der Waals surface area (Å²) in [6.07, 6.45) is 1.41. The van der Waals surface area contributed by atoms with Crippen LogP contribution in [0.1, 0.15) is 18.1 Å². The lowest BCUT2D eigenvalue weighted by Crippen LogP contribution is -2.30. The lowest BCUT2D eigenvalue weighted by molar-refractivity contribution is 0.327. The van der Waals surface area contributed by atoms with Crippen molar-refractivity contribution in [3.8, 4) is 22.9 Å². The van der Waals surface area contributed by atoms with Crippen LogP contribution in [0.2, 0.25) is 0 Å². The van der Waals surface area contributed by atoms with Gasteiger partial charge in [-0.2, -0.15) is 8.99 Å². The van der Waals surface area contributed by atoms with Gasteiger partial charge in [-0.1, -0.05) is 30.3 Å². The number of rotatable bonds is 11. The fraction of sp³-hybridized carbons (Fsp3) is 0.240. The van der Waals surface area contributed by atoms with E-state index in [1.807, 2.05) is 43.3 Å². The highest BCUT2D eigenvalue weighted by Gasteiger charge is 2.27. The topological polar surface area (TPSA) is 109 Å². The monoisotopic (exact) mass is 509 g/mol. The van der Waals surface area contributed by atoms with E-state index in [9.17, 15) is 8.42 Å². The van der Waals surface area contributed by atoms with Crippen LogP contribution in [-0.4, -0.2) is 53.8 Å². The Morgan fingerprint density at radius 3 is 2.36 bits per heavy atom. The van der Waals surface area contributed by atoms with E-state index in [1.54, 1.807) is 25.3 Å². The summed E-state index contributed by atoms with van der Waals surface area (Å²) in [5.41, 5.74) is 2.09. The van der Waals surface area contributed by atoms with Gasteiger partial charge in [0.05, 0.1) is 25.7 Å². The van der Waals surface area contributed by atoms with Gasteiger partial charge in [0.25, 0.3) is 0 Å². The number of ether oxygens (including phenoxy) is 3. The van der Waals surface area contributed by atoms with Gasteiger partial charge in [0.1, 0.15) is 29.3 Å². The highest BCUT2D eigenvalue weighted by molar-refractivity contribution is 7.89. The fourth-order valence-corrected chi connectivity index (χ4v) is 5.13. The molecule has 10 nitrogen and oxygen atoms in total. The number of methoxy groups -OCH3 is 2. The Morgan fingerprint density at radius 2 is 1.69 bits per heavy atom. The third-order valence-electron chi connectivity index (χ3n) is 5.52. The van der Waals surface area contributed by atoms with Crippen LogP contribution in [-0.2, 0) is 23.1 Å². The first-order valence-corrected chi connectivity index (χ1v) is 12.7. The fourth-order valence-electron chi connectivity index (χ4n) is 3.71. The maximum absolute atomic E-state index is 14.0. The van der Waals surface area contributed by atoms with E-state index in [1.165, 1.54) is 34.6 Å². The summed E-state index contributed by atoms with van der Waals surface area (Å²) in [5, 5.41) is 11.1. The number of nitrogens with zero attached hydrogens (tertiary/aromatic N) is 5. The van der Waals surface area contributed by atoms with Crippen molar-refractivity contribution in [2.24, 2.45) is 0 Å². The molecule has 1 aromatic heterocycles. The number of benzene rings is 3. The average molecular weight is 510 g/mol. The average Bonchev–Trinajstić information content (AvgIpc) is 3.44. The summed E-state index contributed by atoms with van der Waals surface area (Å²) >= 11 is 0. The van der Waals surface area contributed by atoms with Crippen molar-refractivity contribution in [2.75, 3.05) is 20.8 Å². The van der Waals surface area contributed by atoms with Gasteiger partial charge in [-0.25, -0.2) is 8.42 Å². The van der Waals surface area contributed by atoms with E-state index in [0.29, 0.717) is 29.5 Å². The van der Waals surface area contributed by atoms with Gasteiger partial charge in [0.2, 0.25) is 10.0 Å². The molecule has 0 aliphatic heterocycles. The second-order valence-corrected chi connectivity index (χ2v) is 9.69. The van der Waals surface area contributed by atoms with Crippen LogP contribution < -0.4 is 14.2 Å². The number of sulfonamides is 1. The molecule has 188 valence electrons. The largest absolute Gasteiger partial charge is 0.497 e. The summed E-state index contributed by atoms with van der Waals surface area (Å²) in [4.78, 5) is 0.0820. The van der Waals surface area contributed by atoms with Crippen molar-refractivity contribution in [2.45, 2.75) is 24.9 Å². The Bertz CT molecular complexity index is 1390. The molecule has 0 atom stereocenters. The van der Waals surface area contributed by atoms with E-state index < -0.39 is 10.0 Å². The van der Waals surface area contributed by atoms with Crippen LogP contribution in [0.3, 0.4) is 0 Å². The van der Waals surface area contributed by atoms with Gasteiger partial charge in [-0.05, 0) is 53.2 Å². The van der Waals surface area contributed by atoms with E-state index in [-0.39, 0.29) is 18.0 Å². The van der Waals surface area contributed by atoms with Crippen molar-refractivity contribution < 1.29 is 22.6 Å². The van der Waals surface area contributed by atoms with E-state index >= 15 is 0 Å². The van der Waals surface area contributed by atoms with Crippen molar-refractivity contribution in [3.63, 3.8) is 0 Å². The number of hydrogen-bond donors (Lipinski definition) is 0. The lowest BCUT2D eigenvalue weighted by atomic mass is 10.2. The Labute approximate surface area is 210 Å². The van der Waals surface area contributed by atoms with Crippen LogP contribution in [0.15, 0.2) is 78.0 Å². The smallest absolute Gasteiger partial charge is 0.243 e. The maximum Gasteiger partial charge on any atom is 0.243 e. The van der Waals surface area contributed by atoms with Crippen molar-refractivity contribution in [1.29, 1.82) is 0 Å².